The maximum absolute atomic E-state index is 16.9. The highest BCUT2D eigenvalue weighted by Crippen LogP contribution is 2.70. The first-order valence-electron chi connectivity index (χ1n) is 9.87. The average Bonchev–Trinajstić information content (AvgIpc) is 2.89. The fraction of sp³-hybridized carbons (Fsp3) is 0.714. The zero-order chi connectivity index (χ0) is 20.7. The SMILES string of the molecule is C[C@]12C/C(=C/O)C(=O)C=C1CC[C@H]1[C@@H]3CC[C@](O)(C(=O)S)[C@@]3(C)C[C@H](O)[C@@]12F. The minimum Gasteiger partial charge on any atom is -0.515 e. The van der Waals surface area contributed by atoms with Crippen molar-refractivity contribution in [2.24, 2.45) is 22.7 Å². The van der Waals surface area contributed by atoms with Crippen LogP contribution in [0.25, 0.3) is 0 Å². The number of aliphatic hydroxyl groups is 3. The van der Waals surface area contributed by atoms with Crippen LogP contribution in [0.3, 0.4) is 0 Å². The second-order valence-electron chi connectivity index (χ2n) is 9.56. The fourth-order valence-corrected chi connectivity index (χ4v) is 7.38. The van der Waals surface area contributed by atoms with Crippen molar-refractivity contribution in [1.82, 2.24) is 0 Å². The Morgan fingerprint density at radius 2 is 2.00 bits per heavy atom. The molecule has 0 spiro atoms. The first kappa shape index (κ1) is 20.1. The van der Waals surface area contributed by atoms with Gasteiger partial charge in [-0.3, -0.25) is 9.59 Å². The van der Waals surface area contributed by atoms with Crippen molar-refractivity contribution < 1.29 is 29.3 Å². The number of halogens is 1. The van der Waals surface area contributed by atoms with Gasteiger partial charge in [0, 0.05) is 22.3 Å². The number of fused-ring (bicyclic) bond motifs is 5. The highest BCUT2D eigenvalue weighted by atomic mass is 32.1. The van der Waals surface area contributed by atoms with Crippen LogP contribution in [0.4, 0.5) is 4.39 Å². The van der Waals surface area contributed by atoms with E-state index in [1.165, 1.54) is 6.08 Å². The topological polar surface area (TPSA) is 94.8 Å². The number of hydrogen-bond acceptors (Lipinski definition) is 5. The summed E-state index contributed by atoms with van der Waals surface area (Å²) in [4.78, 5) is 24.3. The number of aliphatic hydroxyl groups excluding tert-OH is 2. The number of thiol groups is 1. The molecule has 5 nitrogen and oxygen atoms in total. The van der Waals surface area contributed by atoms with Crippen LogP contribution in [0, 0.1) is 22.7 Å². The summed E-state index contributed by atoms with van der Waals surface area (Å²) in [6.07, 6.45) is 2.36. The van der Waals surface area contributed by atoms with Crippen molar-refractivity contribution in [3.8, 4) is 0 Å². The fourth-order valence-electron chi connectivity index (χ4n) is 7.01. The van der Waals surface area contributed by atoms with Crippen LogP contribution in [-0.4, -0.2) is 43.6 Å². The molecule has 4 aliphatic rings. The normalized spacial score (nSPS) is 51.9. The van der Waals surface area contributed by atoms with Gasteiger partial charge in [0.1, 0.15) is 11.3 Å². The molecule has 7 heteroatoms. The van der Waals surface area contributed by atoms with Gasteiger partial charge in [-0.25, -0.2) is 4.39 Å². The minimum atomic E-state index is -2.01. The first-order valence-corrected chi connectivity index (χ1v) is 10.3. The maximum atomic E-state index is 16.9. The summed E-state index contributed by atoms with van der Waals surface area (Å²) in [5.74, 6) is -1.15. The summed E-state index contributed by atoms with van der Waals surface area (Å²) < 4.78 is 16.9. The van der Waals surface area contributed by atoms with E-state index in [4.69, 9.17) is 0 Å². The Morgan fingerprint density at radius 1 is 1.32 bits per heavy atom. The zero-order valence-corrected chi connectivity index (χ0v) is 17.0. The lowest BCUT2D eigenvalue weighted by Gasteiger charge is -2.63. The van der Waals surface area contributed by atoms with Gasteiger partial charge in [0.15, 0.2) is 5.78 Å². The Hall–Kier alpha value is -1.18. The Kier molecular flexibility index (Phi) is 4.25. The number of allylic oxidation sites excluding steroid dienone is 2. The lowest BCUT2D eigenvalue weighted by Crippen LogP contribution is -2.69. The molecule has 0 saturated heterocycles. The Labute approximate surface area is 169 Å². The van der Waals surface area contributed by atoms with Crippen molar-refractivity contribution in [3.05, 3.63) is 23.5 Å². The van der Waals surface area contributed by atoms with Crippen LogP contribution in [-0.2, 0) is 9.59 Å². The molecule has 3 N–H and O–H groups in total. The molecule has 154 valence electrons. The van der Waals surface area contributed by atoms with E-state index in [2.05, 4.69) is 12.6 Å². The summed E-state index contributed by atoms with van der Waals surface area (Å²) in [6, 6.07) is 0. The predicted molar refractivity (Wildman–Crippen MR) is 103 cm³/mol. The van der Waals surface area contributed by atoms with Gasteiger partial charge in [-0.15, -0.1) is 12.6 Å². The molecule has 3 saturated carbocycles. The molecule has 7 atom stereocenters. The number of alkyl halides is 1. The largest absolute Gasteiger partial charge is 0.515 e. The quantitative estimate of drug-likeness (QED) is 0.303. The molecule has 28 heavy (non-hydrogen) atoms. The molecule has 0 aromatic rings. The van der Waals surface area contributed by atoms with Crippen molar-refractivity contribution >= 4 is 23.5 Å². The second-order valence-corrected chi connectivity index (χ2v) is 9.96. The summed E-state index contributed by atoms with van der Waals surface area (Å²) >= 11 is 3.90. The van der Waals surface area contributed by atoms with Crippen LogP contribution in [0.15, 0.2) is 23.5 Å². The number of ketones is 1. The lowest BCUT2D eigenvalue weighted by atomic mass is 9.44. The summed E-state index contributed by atoms with van der Waals surface area (Å²) in [7, 11) is 0. The summed E-state index contributed by atoms with van der Waals surface area (Å²) in [5, 5.41) is 31.0. The molecule has 0 heterocycles. The highest BCUT2D eigenvalue weighted by molar-refractivity contribution is 7.96. The van der Waals surface area contributed by atoms with Gasteiger partial charge in [-0.1, -0.05) is 19.4 Å². The summed E-state index contributed by atoms with van der Waals surface area (Å²) in [6.45, 7) is 3.48. The van der Waals surface area contributed by atoms with E-state index in [1.54, 1.807) is 13.8 Å². The van der Waals surface area contributed by atoms with Gasteiger partial charge in [0.25, 0.3) is 0 Å². The van der Waals surface area contributed by atoms with Gasteiger partial charge >= 0.3 is 0 Å². The van der Waals surface area contributed by atoms with Crippen molar-refractivity contribution in [3.63, 3.8) is 0 Å². The third-order valence-electron chi connectivity index (χ3n) is 8.66. The molecule has 0 radical (unpaired) electrons. The van der Waals surface area contributed by atoms with Gasteiger partial charge < -0.3 is 15.3 Å². The molecule has 4 aliphatic carbocycles. The molecule has 0 aromatic carbocycles. The number of hydrogen-bond donors (Lipinski definition) is 4. The van der Waals surface area contributed by atoms with Crippen LogP contribution >= 0.6 is 12.6 Å². The summed E-state index contributed by atoms with van der Waals surface area (Å²) in [5.41, 5.74) is -4.96. The van der Waals surface area contributed by atoms with Gasteiger partial charge in [0.05, 0.1) is 12.4 Å². The van der Waals surface area contributed by atoms with Crippen LogP contribution in [0.2, 0.25) is 0 Å². The van der Waals surface area contributed by atoms with Gasteiger partial charge in [0.2, 0.25) is 5.12 Å². The molecule has 3 fully saturated rings. The van der Waals surface area contributed by atoms with Crippen LogP contribution < -0.4 is 0 Å². The Bertz CT molecular complexity index is 824. The van der Waals surface area contributed by atoms with E-state index in [0.717, 1.165) is 6.26 Å². The van der Waals surface area contributed by atoms with Crippen molar-refractivity contribution in [2.75, 3.05) is 0 Å². The molecule has 0 aliphatic heterocycles. The molecule has 0 amide bonds. The highest BCUT2D eigenvalue weighted by Gasteiger charge is 2.74. The lowest BCUT2D eigenvalue weighted by molar-refractivity contribution is -0.222. The number of carbonyl (C=O) groups excluding carboxylic acids is 2. The van der Waals surface area contributed by atoms with E-state index < -0.39 is 39.2 Å². The van der Waals surface area contributed by atoms with E-state index in [-0.39, 0.29) is 36.5 Å². The average molecular weight is 411 g/mol. The van der Waals surface area contributed by atoms with Gasteiger partial charge in [-0.2, -0.15) is 0 Å². The molecule has 0 aromatic heterocycles. The Balaban J connectivity index is 1.84. The van der Waals surface area contributed by atoms with E-state index >= 15 is 4.39 Å². The molecule has 4 rings (SSSR count). The smallest absolute Gasteiger partial charge is 0.218 e. The third-order valence-corrected chi connectivity index (χ3v) is 9.03. The molecular weight excluding hydrogens is 383 g/mol. The monoisotopic (exact) mass is 410 g/mol. The van der Waals surface area contributed by atoms with Crippen molar-refractivity contribution in [1.29, 1.82) is 0 Å². The van der Waals surface area contributed by atoms with Crippen molar-refractivity contribution in [2.45, 2.75) is 69.7 Å². The second kappa shape index (κ2) is 5.92. The number of rotatable bonds is 1. The van der Waals surface area contributed by atoms with E-state index in [9.17, 15) is 24.9 Å². The van der Waals surface area contributed by atoms with Crippen LogP contribution in [0.1, 0.15) is 52.4 Å². The first-order chi connectivity index (χ1) is 13.0. The molecular formula is C21H27FO5S. The maximum Gasteiger partial charge on any atom is 0.218 e. The molecule has 0 bridgehead atoms. The van der Waals surface area contributed by atoms with Gasteiger partial charge in [-0.05, 0) is 50.5 Å². The van der Waals surface area contributed by atoms with E-state index in [1.807, 2.05) is 0 Å². The zero-order valence-electron chi connectivity index (χ0n) is 16.1. The molecule has 0 unspecified atom stereocenters. The van der Waals surface area contributed by atoms with Crippen LogP contribution in [0.5, 0.6) is 0 Å². The predicted octanol–water partition coefficient (Wildman–Crippen LogP) is 2.82. The third kappa shape index (κ3) is 2.10. The standard InChI is InChI=1S/C21H27FO5S/c1-18-8-11(10-23)15(24)7-12(18)3-4-14-13-5-6-20(27,17(26)28)19(13,2)9-16(25)21(14,18)22/h7,10,13-14,16,23,25,27H,3-6,8-9H2,1-2H3,(H,26,28)/b11-10-/t13-,14-,16-,18-,19-,20-,21-/m0/s1. The van der Waals surface area contributed by atoms with E-state index in [0.29, 0.717) is 24.8 Å². The Morgan fingerprint density at radius 3 is 2.61 bits per heavy atom. The number of carbonyl (C=O) groups is 2. The minimum absolute atomic E-state index is 0.0252.